The first-order valence-corrected chi connectivity index (χ1v) is 8.95. The number of nitrogens with zero attached hydrogens (tertiary/aromatic N) is 2. The van der Waals surface area contributed by atoms with Crippen LogP contribution in [0.25, 0.3) is 5.65 Å². The van der Waals surface area contributed by atoms with Crippen LogP contribution in [0, 0.1) is 6.92 Å². The SMILES string of the molecule is Cc1cccn2c(CNC(=O)c3ccc([C@H]4CCCO4)s3)cnc12. The van der Waals surface area contributed by atoms with E-state index in [0.717, 1.165) is 46.1 Å². The molecule has 0 aromatic carbocycles. The van der Waals surface area contributed by atoms with Crippen LogP contribution in [-0.2, 0) is 11.3 Å². The average molecular weight is 341 g/mol. The van der Waals surface area contributed by atoms with Gasteiger partial charge in [0.05, 0.1) is 29.4 Å². The fraction of sp³-hybridized carbons (Fsp3) is 0.333. The van der Waals surface area contributed by atoms with Crippen molar-refractivity contribution < 1.29 is 9.53 Å². The molecule has 0 bridgehead atoms. The number of aromatic nitrogens is 2. The summed E-state index contributed by atoms with van der Waals surface area (Å²) in [6.07, 6.45) is 6.09. The van der Waals surface area contributed by atoms with Crippen LogP contribution >= 0.6 is 11.3 Å². The average Bonchev–Trinajstić information content (AvgIpc) is 3.32. The Morgan fingerprint density at radius 2 is 2.38 bits per heavy atom. The lowest BCUT2D eigenvalue weighted by Gasteiger charge is -2.06. The van der Waals surface area contributed by atoms with Crippen molar-refractivity contribution >= 4 is 22.9 Å². The van der Waals surface area contributed by atoms with Gasteiger partial charge < -0.3 is 14.5 Å². The molecule has 3 aromatic heterocycles. The summed E-state index contributed by atoms with van der Waals surface area (Å²) < 4.78 is 7.69. The zero-order chi connectivity index (χ0) is 16.5. The van der Waals surface area contributed by atoms with Gasteiger partial charge in [0, 0.05) is 17.7 Å². The predicted molar refractivity (Wildman–Crippen MR) is 93.3 cm³/mol. The second-order valence-electron chi connectivity index (χ2n) is 6.02. The highest BCUT2D eigenvalue weighted by Gasteiger charge is 2.21. The number of pyridine rings is 1. The summed E-state index contributed by atoms with van der Waals surface area (Å²) in [4.78, 5) is 18.7. The molecule has 1 atom stereocenters. The third-order valence-electron chi connectivity index (χ3n) is 4.34. The quantitative estimate of drug-likeness (QED) is 0.790. The second kappa shape index (κ2) is 6.37. The molecule has 6 heteroatoms. The molecule has 0 saturated carbocycles. The number of thiophene rings is 1. The van der Waals surface area contributed by atoms with Crippen molar-refractivity contribution in [1.82, 2.24) is 14.7 Å². The molecule has 1 aliphatic rings. The molecule has 1 amide bonds. The molecule has 1 N–H and O–H groups in total. The lowest BCUT2D eigenvalue weighted by molar-refractivity contribution is 0.0954. The minimum atomic E-state index is -0.0492. The first-order valence-electron chi connectivity index (χ1n) is 8.13. The Hall–Kier alpha value is -2.18. The fourth-order valence-corrected chi connectivity index (χ4v) is 4.05. The molecule has 1 aliphatic heterocycles. The van der Waals surface area contributed by atoms with E-state index in [9.17, 15) is 4.79 Å². The van der Waals surface area contributed by atoms with E-state index in [4.69, 9.17) is 4.74 Å². The zero-order valence-electron chi connectivity index (χ0n) is 13.5. The molecule has 1 fully saturated rings. The molecule has 0 radical (unpaired) electrons. The number of amides is 1. The molecule has 0 aliphatic carbocycles. The van der Waals surface area contributed by atoms with Crippen molar-refractivity contribution in [2.75, 3.05) is 6.61 Å². The number of hydrogen-bond donors (Lipinski definition) is 1. The van der Waals surface area contributed by atoms with Crippen molar-refractivity contribution in [3.8, 4) is 0 Å². The van der Waals surface area contributed by atoms with Crippen LogP contribution in [-0.4, -0.2) is 21.9 Å². The lowest BCUT2D eigenvalue weighted by atomic mass is 10.2. The molecule has 0 unspecified atom stereocenters. The lowest BCUT2D eigenvalue weighted by Crippen LogP contribution is -2.22. The number of hydrogen-bond acceptors (Lipinski definition) is 4. The van der Waals surface area contributed by atoms with Gasteiger partial charge in [0.1, 0.15) is 5.65 Å². The Morgan fingerprint density at radius 1 is 1.46 bits per heavy atom. The number of ether oxygens (including phenoxy) is 1. The van der Waals surface area contributed by atoms with Crippen LogP contribution in [0.1, 0.15) is 44.8 Å². The number of carbonyl (C=O) groups is 1. The summed E-state index contributed by atoms with van der Waals surface area (Å²) in [7, 11) is 0. The van der Waals surface area contributed by atoms with Gasteiger partial charge in [0.2, 0.25) is 0 Å². The third kappa shape index (κ3) is 2.83. The van der Waals surface area contributed by atoms with Crippen LogP contribution < -0.4 is 5.32 Å². The standard InChI is InChI=1S/C18H19N3O2S/c1-12-4-2-8-21-13(10-19-17(12)21)11-20-18(22)16-7-6-15(24-16)14-5-3-9-23-14/h2,4,6-8,10,14H,3,5,9,11H2,1H3,(H,20,22)/t14-/m1/s1. The van der Waals surface area contributed by atoms with E-state index in [1.165, 1.54) is 11.3 Å². The highest BCUT2D eigenvalue weighted by molar-refractivity contribution is 7.14. The van der Waals surface area contributed by atoms with E-state index in [1.54, 1.807) is 0 Å². The number of carbonyl (C=O) groups excluding carboxylic acids is 1. The van der Waals surface area contributed by atoms with Gasteiger partial charge in [-0.25, -0.2) is 4.98 Å². The van der Waals surface area contributed by atoms with Crippen LogP contribution in [0.5, 0.6) is 0 Å². The van der Waals surface area contributed by atoms with Crippen molar-refractivity contribution in [1.29, 1.82) is 0 Å². The number of rotatable bonds is 4. The van der Waals surface area contributed by atoms with Gasteiger partial charge in [-0.05, 0) is 43.5 Å². The van der Waals surface area contributed by atoms with Gasteiger partial charge in [0.25, 0.3) is 5.91 Å². The zero-order valence-corrected chi connectivity index (χ0v) is 14.3. The number of nitrogens with one attached hydrogen (secondary N) is 1. The van der Waals surface area contributed by atoms with E-state index >= 15 is 0 Å². The number of fused-ring (bicyclic) bond motifs is 1. The first-order chi connectivity index (χ1) is 11.7. The Morgan fingerprint density at radius 3 is 3.21 bits per heavy atom. The minimum Gasteiger partial charge on any atom is -0.373 e. The van der Waals surface area contributed by atoms with Crippen molar-refractivity contribution in [2.24, 2.45) is 0 Å². The highest BCUT2D eigenvalue weighted by Crippen LogP contribution is 2.33. The first kappa shape index (κ1) is 15.4. The molecule has 1 saturated heterocycles. The largest absolute Gasteiger partial charge is 0.373 e. The molecular weight excluding hydrogens is 322 g/mol. The summed E-state index contributed by atoms with van der Waals surface area (Å²) in [6, 6.07) is 7.91. The topological polar surface area (TPSA) is 55.6 Å². The van der Waals surface area contributed by atoms with Gasteiger partial charge in [-0.2, -0.15) is 0 Å². The molecule has 124 valence electrons. The maximum absolute atomic E-state index is 12.4. The van der Waals surface area contributed by atoms with Crippen molar-refractivity contribution in [3.63, 3.8) is 0 Å². The van der Waals surface area contributed by atoms with E-state index < -0.39 is 0 Å². The summed E-state index contributed by atoms with van der Waals surface area (Å²) in [5.41, 5.74) is 3.02. The number of aryl methyl sites for hydroxylation is 1. The maximum atomic E-state index is 12.4. The molecule has 0 spiro atoms. The Kier molecular flexibility index (Phi) is 4.08. The molecule has 3 aromatic rings. The van der Waals surface area contributed by atoms with Crippen LogP contribution in [0.15, 0.2) is 36.7 Å². The monoisotopic (exact) mass is 341 g/mol. The van der Waals surface area contributed by atoms with Crippen LogP contribution in [0.4, 0.5) is 0 Å². The molecule has 4 heterocycles. The Labute approximate surface area is 144 Å². The predicted octanol–water partition coefficient (Wildman–Crippen LogP) is 3.49. The molecule has 5 nitrogen and oxygen atoms in total. The Balaban J connectivity index is 1.45. The Bertz CT molecular complexity index is 877. The van der Waals surface area contributed by atoms with E-state index in [2.05, 4.69) is 10.3 Å². The second-order valence-corrected chi connectivity index (χ2v) is 7.14. The molecule has 24 heavy (non-hydrogen) atoms. The van der Waals surface area contributed by atoms with Gasteiger partial charge in [-0.1, -0.05) is 6.07 Å². The summed E-state index contributed by atoms with van der Waals surface area (Å²) in [5, 5.41) is 2.99. The van der Waals surface area contributed by atoms with E-state index in [0.29, 0.717) is 6.54 Å². The van der Waals surface area contributed by atoms with E-state index in [1.807, 2.05) is 48.0 Å². The van der Waals surface area contributed by atoms with Gasteiger partial charge in [0.15, 0.2) is 0 Å². The number of imidazole rings is 1. The fourth-order valence-electron chi connectivity index (χ4n) is 3.04. The third-order valence-corrected chi connectivity index (χ3v) is 5.51. The summed E-state index contributed by atoms with van der Waals surface area (Å²) in [6.45, 7) is 3.30. The van der Waals surface area contributed by atoms with Crippen LogP contribution in [0.3, 0.4) is 0 Å². The highest BCUT2D eigenvalue weighted by atomic mass is 32.1. The van der Waals surface area contributed by atoms with Gasteiger partial charge in [-0.15, -0.1) is 11.3 Å². The normalized spacial score (nSPS) is 17.5. The van der Waals surface area contributed by atoms with Gasteiger partial charge in [-0.3, -0.25) is 4.79 Å². The minimum absolute atomic E-state index is 0.0492. The summed E-state index contributed by atoms with van der Waals surface area (Å²) in [5.74, 6) is -0.0492. The van der Waals surface area contributed by atoms with E-state index in [-0.39, 0.29) is 12.0 Å². The molecule has 4 rings (SSSR count). The van der Waals surface area contributed by atoms with Crippen molar-refractivity contribution in [2.45, 2.75) is 32.4 Å². The van der Waals surface area contributed by atoms with Crippen molar-refractivity contribution in [3.05, 3.63) is 57.7 Å². The van der Waals surface area contributed by atoms with Gasteiger partial charge >= 0.3 is 0 Å². The van der Waals surface area contributed by atoms with Crippen LogP contribution in [0.2, 0.25) is 0 Å². The molecular formula is C18H19N3O2S. The summed E-state index contributed by atoms with van der Waals surface area (Å²) >= 11 is 1.52. The maximum Gasteiger partial charge on any atom is 0.261 e. The smallest absolute Gasteiger partial charge is 0.261 e.